The van der Waals surface area contributed by atoms with Gasteiger partial charge in [-0.05, 0) is 0 Å². The fourth-order valence-electron chi connectivity index (χ4n) is 0. The van der Waals surface area contributed by atoms with Crippen LogP contribution in [0, 0.1) is 0 Å². The average molecular weight is 376 g/mol. The van der Waals surface area contributed by atoms with Crippen LogP contribution in [0.4, 0.5) is 0 Å². The van der Waals surface area contributed by atoms with Gasteiger partial charge in [-0.15, -0.1) is 7.96 Å². The molecule has 2 nitrogen and oxygen atoms in total. The van der Waals surface area contributed by atoms with Crippen molar-refractivity contribution in [2.45, 2.75) is 0 Å². The first kappa shape index (κ1) is 9.76. The first-order chi connectivity index (χ1) is 1.91. The summed E-state index contributed by atoms with van der Waals surface area (Å²) in [6.07, 6.45) is 0. The van der Waals surface area contributed by atoms with E-state index >= 15 is 0 Å². The number of rotatable bonds is 1. The van der Waals surface area contributed by atoms with Crippen LogP contribution in [0.15, 0.2) is 0 Å². The van der Waals surface area contributed by atoms with Crippen molar-refractivity contribution in [3.8, 4) is 0 Å². The Kier molecular flexibility index (Phi) is 17.8. The van der Waals surface area contributed by atoms with Gasteiger partial charge in [0.15, 0.2) is 0 Å². The molecule has 0 aliphatic heterocycles. The molecule has 0 aliphatic carbocycles. The third-order valence-electron chi connectivity index (χ3n) is 0.0238. The van der Waals surface area contributed by atoms with Crippen LogP contribution in [0.1, 0.15) is 0 Å². The summed E-state index contributed by atoms with van der Waals surface area (Å²) in [6.45, 7) is 0. The van der Waals surface area contributed by atoms with Crippen molar-refractivity contribution >= 4 is 32.5 Å². The molecule has 5 heavy (non-hydrogen) atoms. The quantitative estimate of drug-likeness (QED) is 0.511. The second-order valence-corrected chi connectivity index (χ2v) is 0.655. The summed E-state index contributed by atoms with van der Waals surface area (Å²) in [6, 6.07) is 0. The minimum absolute atomic E-state index is 0. The maximum atomic E-state index is 3.77. The molecule has 0 rings (SSSR count). The van der Waals surface area contributed by atoms with E-state index in [1.807, 2.05) is 0 Å². The molecule has 0 saturated heterocycles. The molecular formula is Br2O2W. The van der Waals surface area contributed by atoms with Crippen LogP contribution in [-0.4, -0.2) is 0 Å². The van der Waals surface area contributed by atoms with Gasteiger partial charge in [0, 0.05) is 21.1 Å². The summed E-state index contributed by atoms with van der Waals surface area (Å²) < 4.78 is 7.54. The summed E-state index contributed by atoms with van der Waals surface area (Å²) in [5, 5.41) is 0. The van der Waals surface area contributed by atoms with Gasteiger partial charge in [-0.1, -0.05) is 0 Å². The van der Waals surface area contributed by atoms with Crippen LogP contribution in [0.3, 0.4) is 0 Å². The van der Waals surface area contributed by atoms with Gasteiger partial charge < -0.3 is 0 Å². The van der Waals surface area contributed by atoms with Gasteiger partial charge in [0.1, 0.15) is 32.5 Å². The third kappa shape index (κ3) is 10.7. The van der Waals surface area contributed by atoms with Crippen molar-refractivity contribution in [2.75, 3.05) is 0 Å². The number of halogens is 2. The van der Waals surface area contributed by atoms with Crippen molar-refractivity contribution in [3.63, 3.8) is 0 Å². The second-order valence-electron chi connectivity index (χ2n) is 0.126. The van der Waals surface area contributed by atoms with E-state index in [2.05, 4.69) is 40.5 Å². The van der Waals surface area contributed by atoms with Gasteiger partial charge in [0.2, 0.25) is 0 Å². The van der Waals surface area contributed by atoms with E-state index in [0.29, 0.717) is 0 Å². The van der Waals surface area contributed by atoms with Crippen molar-refractivity contribution in [1.82, 2.24) is 0 Å². The molecule has 0 saturated carbocycles. The summed E-state index contributed by atoms with van der Waals surface area (Å²) in [5.41, 5.74) is 0. The van der Waals surface area contributed by atoms with E-state index in [1.165, 1.54) is 0 Å². The second kappa shape index (κ2) is 9.13. The molecular weight excluding hydrogens is 376 g/mol. The molecule has 0 aromatic carbocycles. The Morgan fingerprint density at radius 3 is 1.20 bits per heavy atom. The topological polar surface area (TPSA) is 18.5 Å². The van der Waals surface area contributed by atoms with E-state index in [9.17, 15) is 0 Å². The Morgan fingerprint density at radius 1 is 1.00 bits per heavy atom. The molecule has 5 heteroatoms. The summed E-state index contributed by atoms with van der Waals surface area (Å²) in [4.78, 5) is 0. The molecule has 0 N–H and O–H groups in total. The summed E-state index contributed by atoms with van der Waals surface area (Å²) >= 11 is 4.96. The Morgan fingerprint density at radius 2 is 1.20 bits per heavy atom. The standard InChI is InChI=1S/Br2O2.W/c1-3-4-2;. The van der Waals surface area contributed by atoms with Crippen LogP contribution in [-0.2, 0) is 29.0 Å². The average Bonchev–Trinajstić information content (AvgIpc) is 1.37. The van der Waals surface area contributed by atoms with E-state index in [1.54, 1.807) is 0 Å². The number of hydrogen-bond acceptors (Lipinski definition) is 2. The van der Waals surface area contributed by atoms with Crippen molar-refractivity contribution < 1.29 is 29.0 Å². The van der Waals surface area contributed by atoms with Crippen LogP contribution in [0.2, 0.25) is 0 Å². The SMILES string of the molecule is BrOOBr.[W]. The van der Waals surface area contributed by atoms with E-state index < -0.39 is 0 Å². The summed E-state index contributed by atoms with van der Waals surface area (Å²) in [7, 11) is 0. The predicted octanol–water partition coefficient (Wildman–Crippen LogP) is 1.55. The zero-order valence-electron chi connectivity index (χ0n) is 1.98. The molecule has 0 aromatic rings. The third-order valence-corrected chi connectivity index (χ3v) is 0.643. The molecule has 0 aliphatic rings. The van der Waals surface area contributed by atoms with Crippen LogP contribution < -0.4 is 0 Å². The van der Waals surface area contributed by atoms with Gasteiger partial charge in [-0.2, -0.15) is 0 Å². The fourth-order valence-corrected chi connectivity index (χ4v) is 0. The molecule has 0 unspecified atom stereocenters. The van der Waals surface area contributed by atoms with Gasteiger partial charge in [-0.25, -0.2) is 0 Å². The van der Waals surface area contributed by atoms with Gasteiger partial charge in [0.05, 0.1) is 0 Å². The minimum atomic E-state index is 0. The molecule has 0 radical (unpaired) electrons. The maximum absolute atomic E-state index is 3.77. The van der Waals surface area contributed by atoms with Crippen LogP contribution in [0.5, 0.6) is 0 Å². The molecule has 0 bridgehead atoms. The van der Waals surface area contributed by atoms with Gasteiger partial charge in [0.25, 0.3) is 0 Å². The van der Waals surface area contributed by atoms with E-state index in [-0.39, 0.29) is 21.1 Å². The zero-order chi connectivity index (χ0) is 3.41. The normalized spacial score (nSPS) is 6.00. The molecule has 0 heterocycles. The van der Waals surface area contributed by atoms with Crippen LogP contribution in [0.25, 0.3) is 0 Å². The van der Waals surface area contributed by atoms with Gasteiger partial charge >= 0.3 is 0 Å². The van der Waals surface area contributed by atoms with E-state index in [0.717, 1.165) is 0 Å². The Hall–Kier alpha value is 1.57. The smallest absolute Gasteiger partial charge is 0.144 e. The zero-order valence-corrected chi connectivity index (χ0v) is 8.09. The maximum Gasteiger partial charge on any atom is 0.144 e. The molecule has 0 amide bonds. The molecule has 32 valence electrons. The molecule has 0 aromatic heterocycles. The summed E-state index contributed by atoms with van der Waals surface area (Å²) in [5.74, 6) is 0. The Bertz CT molecular complexity index is 9.61. The predicted molar refractivity (Wildman–Crippen MR) is 20.0 cm³/mol. The largest absolute Gasteiger partial charge is 0.144 e. The van der Waals surface area contributed by atoms with Gasteiger partial charge in [-0.3, -0.25) is 0 Å². The fraction of sp³-hybridized carbons (Fsp3) is 0. The minimum Gasteiger partial charge on any atom is -0.144 e. The van der Waals surface area contributed by atoms with Crippen molar-refractivity contribution in [1.29, 1.82) is 0 Å². The monoisotopic (exact) mass is 374 g/mol. The molecule has 0 spiro atoms. The van der Waals surface area contributed by atoms with Crippen LogP contribution >= 0.6 is 32.5 Å². The van der Waals surface area contributed by atoms with E-state index in [4.69, 9.17) is 0 Å². The van der Waals surface area contributed by atoms with Crippen molar-refractivity contribution in [2.24, 2.45) is 0 Å². The molecule has 0 fully saturated rings. The Labute approximate surface area is 61.3 Å². The Balaban J connectivity index is 0. The molecule has 0 atom stereocenters. The van der Waals surface area contributed by atoms with Crippen molar-refractivity contribution in [3.05, 3.63) is 0 Å². The number of hydrogen-bond donors (Lipinski definition) is 0. The first-order valence-corrected chi connectivity index (χ1v) is 1.77. The first-order valence-electron chi connectivity index (χ1n) is 0.475.